The summed E-state index contributed by atoms with van der Waals surface area (Å²) >= 11 is 13.3. The number of methoxy groups -OCH3 is 1. The zero-order valence-corrected chi connectivity index (χ0v) is 30.7. The Morgan fingerprint density at radius 3 is 2.38 bits per heavy atom. The monoisotopic (exact) mass is 764 g/mol. The second-order valence-electron chi connectivity index (χ2n) is 14.0. The van der Waals surface area contributed by atoms with E-state index in [-0.39, 0.29) is 46.3 Å². The molecule has 4 aromatic rings. The predicted molar refractivity (Wildman–Crippen MR) is 196 cm³/mol. The van der Waals surface area contributed by atoms with Crippen molar-refractivity contribution in [2.24, 2.45) is 11.8 Å². The molecule has 4 aliphatic rings. The summed E-state index contributed by atoms with van der Waals surface area (Å²) < 4.78 is 34.3. The summed E-state index contributed by atoms with van der Waals surface area (Å²) in [5.41, 5.74) is 1.90. The molecule has 10 nitrogen and oxygen atoms in total. The van der Waals surface area contributed by atoms with Gasteiger partial charge < -0.3 is 19.3 Å². The standard InChI is InChI=1S/C40H40Cl2FN3O7/c1-51-35-12-11-26(17-36(35)52-23-24-9-10-24)29(18-30-31(41)20-45(50)21-32(30)42)38-27(5-4-6-28(38)39(47)48)19-46(34-8-3-2-7-33(34)43)40(49)53-37-22-44-15-13-25(37)14-16-44/h2-8,11-12,17,20-21,24-25,29,37H,9-10,13-16,18-19,22-23H2,1H3,(H-,47,48,50)/p+1/t29-,37+/m1/s1. The SMILES string of the molecule is COc1ccc([C@@H](Cc2c(Cl)c[n+](O)cc2Cl)c2c(CN(C(=O)O[C@H]3CN4CCC3CC4)c3ccccc3F)cccc2C(=O)O)cc1OCC1CC1. The maximum absolute atomic E-state index is 15.6. The van der Waals surface area contributed by atoms with Crippen LogP contribution in [0.1, 0.15) is 64.2 Å². The number of amides is 1. The fraction of sp³-hybridized carbons (Fsp3) is 0.375. The molecule has 1 aromatic heterocycles. The molecule has 0 spiro atoms. The maximum Gasteiger partial charge on any atom is 0.415 e. The van der Waals surface area contributed by atoms with Gasteiger partial charge >= 0.3 is 12.1 Å². The number of rotatable bonds is 13. The summed E-state index contributed by atoms with van der Waals surface area (Å²) in [7, 11) is 1.55. The summed E-state index contributed by atoms with van der Waals surface area (Å²) in [6.45, 7) is 2.82. The third kappa shape index (κ3) is 8.17. The van der Waals surface area contributed by atoms with Gasteiger partial charge in [0.15, 0.2) is 11.5 Å². The van der Waals surface area contributed by atoms with Gasteiger partial charge in [-0.05, 0) is 104 Å². The molecule has 3 aromatic carbocycles. The molecule has 0 radical (unpaired) electrons. The smallest absolute Gasteiger partial charge is 0.415 e. The molecule has 278 valence electrons. The fourth-order valence-corrected chi connectivity index (χ4v) is 8.12. The first-order valence-electron chi connectivity index (χ1n) is 17.8. The molecule has 13 heteroatoms. The van der Waals surface area contributed by atoms with E-state index in [2.05, 4.69) is 4.90 Å². The number of carbonyl (C=O) groups excluding carboxylic acids is 1. The lowest BCUT2D eigenvalue weighted by Crippen LogP contribution is -2.53. The minimum Gasteiger partial charge on any atom is -0.493 e. The Balaban J connectivity index is 1.35. The summed E-state index contributed by atoms with van der Waals surface area (Å²) in [6.07, 6.45) is 5.61. The highest BCUT2D eigenvalue weighted by Gasteiger charge is 2.38. The number of aromatic carboxylic acids is 1. The van der Waals surface area contributed by atoms with Crippen LogP contribution < -0.4 is 19.1 Å². The lowest BCUT2D eigenvalue weighted by atomic mass is 9.80. The topological polar surface area (TPSA) is 113 Å². The molecule has 2 bridgehead atoms. The minimum atomic E-state index is -1.20. The van der Waals surface area contributed by atoms with Crippen molar-refractivity contribution in [3.8, 4) is 11.5 Å². The Bertz CT molecular complexity index is 1980. The van der Waals surface area contributed by atoms with Gasteiger partial charge in [-0.25, -0.2) is 14.0 Å². The van der Waals surface area contributed by atoms with Crippen molar-refractivity contribution in [3.63, 3.8) is 0 Å². The number of hydrogen-bond acceptors (Lipinski definition) is 7. The number of para-hydroxylation sites is 1. The van der Waals surface area contributed by atoms with Crippen molar-refractivity contribution in [2.45, 2.75) is 50.7 Å². The molecule has 1 aliphatic carbocycles. The third-order valence-electron chi connectivity index (χ3n) is 10.6. The van der Waals surface area contributed by atoms with Crippen LogP contribution in [0.2, 0.25) is 10.0 Å². The summed E-state index contributed by atoms with van der Waals surface area (Å²) in [4.78, 5) is 30.8. The van der Waals surface area contributed by atoms with Gasteiger partial charge in [0.25, 0.3) is 0 Å². The molecule has 0 unspecified atom stereocenters. The van der Waals surface area contributed by atoms with Gasteiger partial charge in [0, 0.05) is 22.8 Å². The second kappa shape index (κ2) is 15.8. The van der Waals surface area contributed by atoms with E-state index in [4.69, 9.17) is 37.4 Å². The Morgan fingerprint density at radius 1 is 1.00 bits per heavy atom. The lowest BCUT2D eigenvalue weighted by molar-refractivity contribution is -0.904. The first kappa shape index (κ1) is 36.8. The molecule has 53 heavy (non-hydrogen) atoms. The van der Waals surface area contributed by atoms with Crippen molar-refractivity contribution >= 4 is 41.0 Å². The molecular weight excluding hydrogens is 724 g/mol. The first-order chi connectivity index (χ1) is 25.6. The first-order valence-corrected chi connectivity index (χ1v) is 18.5. The van der Waals surface area contributed by atoms with E-state index in [1.165, 1.54) is 41.6 Å². The third-order valence-corrected chi connectivity index (χ3v) is 11.2. The van der Waals surface area contributed by atoms with Crippen LogP contribution in [0.5, 0.6) is 11.5 Å². The van der Waals surface area contributed by atoms with Crippen LogP contribution in [0.4, 0.5) is 14.9 Å². The fourth-order valence-electron chi connectivity index (χ4n) is 7.52. The molecule has 4 heterocycles. The summed E-state index contributed by atoms with van der Waals surface area (Å²) in [5.74, 6) is -0.893. The van der Waals surface area contributed by atoms with Crippen molar-refractivity contribution in [1.29, 1.82) is 0 Å². The highest BCUT2D eigenvalue weighted by atomic mass is 35.5. The van der Waals surface area contributed by atoms with E-state index >= 15 is 4.39 Å². The number of anilines is 1. The van der Waals surface area contributed by atoms with E-state index in [9.17, 15) is 19.9 Å². The number of pyridine rings is 1. The van der Waals surface area contributed by atoms with Crippen LogP contribution in [0.25, 0.3) is 0 Å². The van der Waals surface area contributed by atoms with Gasteiger partial charge in [0.05, 0.1) is 31.5 Å². The maximum atomic E-state index is 15.6. The van der Waals surface area contributed by atoms with E-state index in [0.29, 0.717) is 52.8 Å². The van der Waals surface area contributed by atoms with Crippen molar-refractivity contribution in [1.82, 2.24) is 4.90 Å². The number of benzene rings is 3. The molecule has 4 fully saturated rings. The molecule has 8 rings (SSSR count). The van der Waals surface area contributed by atoms with E-state index in [1.807, 2.05) is 12.1 Å². The van der Waals surface area contributed by atoms with Crippen LogP contribution in [-0.4, -0.2) is 66.7 Å². The number of halogens is 3. The van der Waals surface area contributed by atoms with Gasteiger partial charge in [-0.1, -0.05) is 53.5 Å². The van der Waals surface area contributed by atoms with Gasteiger partial charge in [-0.3, -0.25) is 15.0 Å². The molecule has 1 saturated carbocycles. The molecule has 3 aliphatic heterocycles. The normalized spacial score (nSPS) is 19.7. The number of carboxylic acid groups (broad SMARTS) is 1. The molecule has 2 atom stereocenters. The molecule has 2 N–H and O–H groups in total. The number of carboxylic acids is 1. The average Bonchev–Trinajstić information content (AvgIpc) is 3.98. The highest BCUT2D eigenvalue weighted by Crippen LogP contribution is 2.42. The molecule has 1 amide bonds. The van der Waals surface area contributed by atoms with E-state index < -0.39 is 23.8 Å². The van der Waals surface area contributed by atoms with Crippen LogP contribution in [0.3, 0.4) is 0 Å². The molecular formula is C40H41Cl2FN3O7+. The number of hydrogen-bond donors (Lipinski definition) is 2. The number of nitrogens with zero attached hydrogens (tertiary/aromatic N) is 3. The number of aromatic nitrogens is 1. The lowest BCUT2D eigenvalue weighted by Gasteiger charge is -2.44. The van der Waals surface area contributed by atoms with Gasteiger partial charge in [0.2, 0.25) is 12.4 Å². The summed E-state index contributed by atoms with van der Waals surface area (Å²) in [5, 5.41) is 21.1. The van der Waals surface area contributed by atoms with Gasteiger partial charge in [-0.2, -0.15) is 0 Å². The van der Waals surface area contributed by atoms with Crippen LogP contribution >= 0.6 is 23.2 Å². The predicted octanol–water partition coefficient (Wildman–Crippen LogP) is 7.76. The zero-order valence-electron chi connectivity index (χ0n) is 29.2. The van der Waals surface area contributed by atoms with Gasteiger partial charge in [-0.15, -0.1) is 0 Å². The van der Waals surface area contributed by atoms with Crippen LogP contribution in [-0.2, 0) is 17.7 Å². The van der Waals surface area contributed by atoms with Crippen molar-refractivity contribution < 1.29 is 43.2 Å². The Labute approximate surface area is 317 Å². The largest absolute Gasteiger partial charge is 0.493 e. The minimum absolute atomic E-state index is 0.00358. The van der Waals surface area contributed by atoms with Crippen LogP contribution in [0.15, 0.2) is 73.1 Å². The van der Waals surface area contributed by atoms with Crippen LogP contribution in [0, 0.1) is 17.7 Å². The average molecular weight is 766 g/mol. The summed E-state index contributed by atoms with van der Waals surface area (Å²) in [6, 6.07) is 16.2. The highest BCUT2D eigenvalue weighted by molar-refractivity contribution is 6.35. The Kier molecular flexibility index (Phi) is 11.0. The van der Waals surface area contributed by atoms with E-state index in [0.717, 1.165) is 43.5 Å². The van der Waals surface area contributed by atoms with Gasteiger partial charge in [0.1, 0.15) is 22.0 Å². The number of fused-ring (bicyclic) bond motifs is 3. The second-order valence-corrected chi connectivity index (χ2v) is 14.8. The number of ether oxygens (including phenoxy) is 3. The molecule has 3 saturated heterocycles. The van der Waals surface area contributed by atoms with Crippen molar-refractivity contribution in [2.75, 3.05) is 38.3 Å². The number of piperidine rings is 3. The quantitative estimate of drug-likeness (QED) is 0.105. The van der Waals surface area contributed by atoms with E-state index in [1.54, 1.807) is 31.4 Å². The van der Waals surface area contributed by atoms with Crippen molar-refractivity contribution in [3.05, 3.63) is 117 Å². The Morgan fingerprint density at radius 2 is 1.74 bits per heavy atom. The Hall–Kier alpha value is -4.58. The zero-order chi connectivity index (χ0) is 37.2. The number of carbonyl (C=O) groups is 2.